The van der Waals surface area contributed by atoms with E-state index in [1.807, 2.05) is 0 Å². The number of para-hydroxylation sites is 1. The largest absolute Gasteiger partial charge is 0.573 e. The van der Waals surface area contributed by atoms with Gasteiger partial charge >= 0.3 is 6.36 Å². The third-order valence-electron chi connectivity index (χ3n) is 2.70. The van der Waals surface area contributed by atoms with Gasteiger partial charge in [-0.2, -0.15) is 0 Å². The second kappa shape index (κ2) is 6.70. The van der Waals surface area contributed by atoms with Gasteiger partial charge in [0.25, 0.3) is 0 Å². The maximum atomic E-state index is 12.1. The van der Waals surface area contributed by atoms with Gasteiger partial charge in [-0.3, -0.25) is 0 Å². The molecule has 7 heteroatoms. The van der Waals surface area contributed by atoms with E-state index in [2.05, 4.69) is 9.73 Å². The molecule has 0 radical (unpaired) electrons. The van der Waals surface area contributed by atoms with Gasteiger partial charge in [-0.25, -0.2) is 4.99 Å². The Hall–Kier alpha value is -2.21. The molecule has 0 atom stereocenters. The van der Waals surface area contributed by atoms with E-state index in [4.69, 9.17) is 17.3 Å². The molecule has 0 saturated carbocycles. The van der Waals surface area contributed by atoms with Crippen molar-refractivity contribution in [1.82, 2.24) is 0 Å². The number of nitrogens with zero attached hydrogens (tertiary/aromatic N) is 1. The molecule has 0 bridgehead atoms. The van der Waals surface area contributed by atoms with Crippen molar-refractivity contribution in [2.45, 2.75) is 6.36 Å². The summed E-state index contributed by atoms with van der Waals surface area (Å²) in [6, 6.07) is 12.6. The van der Waals surface area contributed by atoms with Gasteiger partial charge in [0.15, 0.2) is 0 Å². The van der Waals surface area contributed by atoms with Gasteiger partial charge in [0, 0.05) is 5.56 Å². The van der Waals surface area contributed by atoms with Gasteiger partial charge in [-0.1, -0.05) is 30.3 Å². The first kappa shape index (κ1) is 16.2. The van der Waals surface area contributed by atoms with Crippen LogP contribution in [0.4, 0.5) is 18.9 Å². The lowest BCUT2D eigenvalue weighted by molar-refractivity contribution is -0.274. The summed E-state index contributed by atoms with van der Waals surface area (Å²) in [5.74, 6) is 0.0656. The van der Waals surface area contributed by atoms with Crippen molar-refractivity contribution in [3.05, 3.63) is 48.5 Å². The Balaban J connectivity index is 2.33. The number of benzene rings is 2. The molecular weight excluding hydrogens is 317 g/mol. The first-order chi connectivity index (χ1) is 10.4. The molecule has 0 aliphatic heterocycles. The number of rotatable bonds is 4. The first-order valence-corrected chi connectivity index (χ1v) is 6.77. The molecule has 0 fully saturated rings. The number of alkyl halides is 4. The predicted octanol–water partition coefficient (Wildman–Crippen LogP) is 4.48. The van der Waals surface area contributed by atoms with Gasteiger partial charge in [0.2, 0.25) is 0 Å². The van der Waals surface area contributed by atoms with Gasteiger partial charge < -0.3 is 10.5 Å². The lowest BCUT2D eigenvalue weighted by atomic mass is 10.0. The van der Waals surface area contributed by atoms with E-state index in [1.54, 1.807) is 24.3 Å². The molecular formula is C15H12ClF3N2O. The third kappa shape index (κ3) is 4.39. The van der Waals surface area contributed by atoms with Crippen LogP contribution in [0.1, 0.15) is 0 Å². The summed E-state index contributed by atoms with van der Waals surface area (Å²) < 4.78 is 40.3. The number of hydrogen-bond donors (Lipinski definition) is 1. The number of nitrogens with two attached hydrogens (primary N) is 1. The summed E-state index contributed by atoms with van der Waals surface area (Å²) in [6.45, 7) is 0. The van der Waals surface area contributed by atoms with Gasteiger partial charge in [0.1, 0.15) is 11.6 Å². The zero-order valence-electron chi connectivity index (χ0n) is 11.3. The maximum Gasteiger partial charge on any atom is 0.573 e. The van der Waals surface area contributed by atoms with Gasteiger partial charge in [-0.15, -0.1) is 24.8 Å². The molecule has 2 rings (SSSR count). The Labute approximate surface area is 130 Å². The van der Waals surface area contributed by atoms with Crippen LogP contribution in [0.3, 0.4) is 0 Å². The third-order valence-corrected chi connectivity index (χ3v) is 2.98. The topological polar surface area (TPSA) is 47.6 Å². The van der Waals surface area contributed by atoms with Crippen LogP contribution >= 0.6 is 11.6 Å². The predicted molar refractivity (Wildman–Crippen MR) is 80.6 cm³/mol. The van der Waals surface area contributed by atoms with E-state index >= 15 is 0 Å². The zero-order chi connectivity index (χ0) is 16.2. The quantitative estimate of drug-likeness (QED) is 0.511. The van der Waals surface area contributed by atoms with E-state index in [1.165, 1.54) is 24.3 Å². The Bertz CT molecular complexity index is 669. The Morgan fingerprint density at radius 2 is 1.73 bits per heavy atom. The molecule has 0 aliphatic carbocycles. The minimum atomic E-state index is -4.71. The Kier molecular flexibility index (Phi) is 4.92. The van der Waals surface area contributed by atoms with Crippen LogP contribution in [-0.2, 0) is 0 Å². The summed E-state index contributed by atoms with van der Waals surface area (Å²) in [5, 5.41) is 0. The SMILES string of the molecule is NC(CCl)=Nc1ccccc1-c1ccc(OC(F)(F)F)cc1. The van der Waals surface area contributed by atoms with E-state index in [0.29, 0.717) is 11.3 Å². The Morgan fingerprint density at radius 3 is 2.32 bits per heavy atom. The molecule has 22 heavy (non-hydrogen) atoms. The van der Waals surface area contributed by atoms with Crippen LogP contribution in [0.5, 0.6) is 5.75 Å². The molecule has 0 saturated heterocycles. The summed E-state index contributed by atoms with van der Waals surface area (Å²) >= 11 is 5.60. The molecule has 0 heterocycles. The number of ether oxygens (including phenoxy) is 1. The van der Waals surface area contributed by atoms with Crippen LogP contribution in [-0.4, -0.2) is 18.1 Å². The van der Waals surface area contributed by atoms with E-state index in [0.717, 1.165) is 5.56 Å². The average Bonchev–Trinajstić information content (AvgIpc) is 2.47. The molecule has 0 aromatic heterocycles. The lowest BCUT2D eigenvalue weighted by Gasteiger charge is -2.10. The van der Waals surface area contributed by atoms with Crippen LogP contribution in [0.15, 0.2) is 53.5 Å². The number of halogens is 4. The molecule has 0 aliphatic rings. The Morgan fingerprint density at radius 1 is 1.09 bits per heavy atom. The molecule has 0 amide bonds. The average molecular weight is 329 g/mol. The van der Waals surface area contributed by atoms with E-state index in [-0.39, 0.29) is 17.5 Å². The number of aliphatic imine (C=N–C) groups is 1. The fourth-order valence-electron chi connectivity index (χ4n) is 1.84. The normalized spacial score (nSPS) is 12.3. The van der Waals surface area contributed by atoms with Crippen LogP contribution in [0.2, 0.25) is 0 Å². The standard InChI is InChI=1S/C15H12ClF3N2O/c16-9-14(20)21-13-4-2-1-3-12(13)10-5-7-11(8-6-10)22-15(17,18)19/h1-8H,9H2,(H2,20,21). The highest BCUT2D eigenvalue weighted by Crippen LogP contribution is 2.32. The van der Waals surface area contributed by atoms with Crippen molar-refractivity contribution in [2.75, 3.05) is 5.88 Å². The fourth-order valence-corrected chi connectivity index (χ4v) is 1.90. The summed E-state index contributed by atoms with van der Waals surface area (Å²) in [6.07, 6.45) is -4.71. The molecule has 2 aromatic carbocycles. The monoisotopic (exact) mass is 328 g/mol. The van der Waals surface area contributed by atoms with Crippen molar-refractivity contribution >= 4 is 23.1 Å². The highest BCUT2D eigenvalue weighted by molar-refractivity contribution is 6.28. The first-order valence-electron chi connectivity index (χ1n) is 6.23. The van der Waals surface area contributed by atoms with Crippen molar-refractivity contribution in [1.29, 1.82) is 0 Å². The second-order valence-electron chi connectivity index (χ2n) is 4.33. The molecule has 3 nitrogen and oxygen atoms in total. The minimum Gasteiger partial charge on any atom is -0.406 e. The summed E-state index contributed by atoms with van der Waals surface area (Å²) in [5.41, 5.74) is 7.63. The second-order valence-corrected chi connectivity index (χ2v) is 4.59. The maximum absolute atomic E-state index is 12.1. The molecule has 2 aromatic rings. The summed E-state index contributed by atoms with van der Waals surface area (Å²) in [4.78, 5) is 4.19. The van der Waals surface area contributed by atoms with Crippen molar-refractivity contribution in [2.24, 2.45) is 10.7 Å². The smallest absolute Gasteiger partial charge is 0.406 e. The zero-order valence-corrected chi connectivity index (χ0v) is 12.0. The van der Waals surface area contributed by atoms with Crippen LogP contribution in [0.25, 0.3) is 11.1 Å². The minimum absolute atomic E-state index is 0.0900. The lowest BCUT2D eigenvalue weighted by Crippen LogP contribution is -2.16. The van der Waals surface area contributed by atoms with Crippen molar-refractivity contribution < 1.29 is 17.9 Å². The molecule has 0 spiro atoms. The molecule has 2 N–H and O–H groups in total. The molecule has 0 unspecified atom stereocenters. The van der Waals surface area contributed by atoms with E-state index in [9.17, 15) is 13.2 Å². The highest BCUT2D eigenvalue weighted by atomic mass is 35.5. The number of amidine groups is 1. The van der Waals surface area contributed by atoms with Crippen LogP contribution in [0, 0.1) is 0 Å². The number of hydrogen-bond acceptors (Lipinski definition) is 2. The van der Waals surface area contributed by atoms with Gasteiger partial charge in [0.05, 0.1) is 11.6 Å². The summed E-state index contributed by atoms with van der Waals surface area (Å²) in [7, 11) is 0. The van der Waals surface area contributed by atoms with Crippen molar-refractivity contribution in [3.8, 4) is 16.9 Å². The van der Waals surface area contributed by atoms with Gasteiger partial charge in [-0.05, 0) is 23.8 Å². The van der Waals surface area contributed by atoms with E-state index < -0.39 is 6.36 Å². The molecule has 116 valence electrons. The fraction of sp³-hybridized carbons (Fsp3) is 0.133. The van der Waals surface area contributed by atoms with Crippen molar-refractivity contribution in [3.63, 3.8) is 0 Å². The van der Waals surface area contributed by atoms with Crippen LogP contribution < -0.4 is 10.5 Å². The highest BCUT2D eigenvalue weighted by Gasteiger charge is 2.30.